The molecule has 4 rings (SSSR count). The maximum Gasteiger partial charge on any atom is 0.254 e. The summed E-state index contributed by atoms with van der Waals surface area (Å²) in [5, 5.41) is 0. The van der Waals surface area contributed by atoms with Crippen LogP contribution in [-0.4, -0.2) is 53.6 Å². The molecular weight excluding hydrogens is 316 g/mol. The lowest BCUT2D eigenvalue weighted by Gasteiger charge is -2.33. The molecule has 0 spiro atoms. The molecule has 2 aliphatic heterocycles. The van der Waals surface area contributed by atoms with Crippen LogP contribution in [0.4, 0.5) is 5.82 Å². The van der Waals surface area contributed by atoms with Crippen LogP contribution in [0, 0.1) is 0 Å². The number of rotatable bonds is 3. The Morgan fingerprint density at radius 3 is 2.68 bits per heavy atom. The van der Waals surface area contributed by atoms with Gasteiger partial charge in [-0.1, -0.05) is 0 Å². The molecule has 0 saturated carbocycles. The van der Waals surface area contributed by atoms with Gasteiger partial charge in [-0.05, 0) is 42.7 Å². The zero-order chi connectivity index (χ0) is 17.1. The molecule has 0 radical (unpaired) electrons. The van der Waals surface area contributed by atoms with E-state index in [1.165, 1.54) is 12.8 Å². The van der Waals surface area contributed by atoms with Gasteiger partial charge in [0.1, 0.15) is 11.9 Å². The van der Waals surface area contributed by atoms with Crippen LogP contribution in [0.2, 0.25) is 0 Å². The molecule has 4 heterocycles. The van der Waals surface area contributed by atoms with E-state index in [0.29, 0.717) is 25.3 Å². The third-order valence-electron chi connectivity index (χ3n) is 4.85. The highest BCUT2D eigenvalue weighted by atomic mass is 16.5. The van der Waals surface area contributed by atoms with Crippen LogP contribution < -0.4 is 4.90 Å². The number of hydrogen-bond donors (Lipinski definition) is 0. The number of morpholine rings is 1. The molecule has 130 valence electrons. The first-order chi connectivity index (χ1) is 12.3. The van der Waals surface area contributed by atoms with Crippen molar-refractivity contribution in [3.8, 4) is 0 Å². The van der Waals surface area contributed by atoms with Crippen LogP contribution >= 0.6 is 0 Å². The fourth-order valence-corrected chi connectivity index (χ4v) is 3.47. The SMILES string of the molecule is O=C(c1ccnc(N2CCCC2)c1)N1CCO[C@H](c2ccncc2)C1. The monoisotopic (exact) mass is 338 g/mol. The molecule has 0 aliphatic carbocycles. The minimum absolute atomic E-state index is 0.0465. The van der Waals surface area contributed by atoms with Crippen molar-refractivity contribution in [3.63, 3.8) is 0 Å². The van der Waals surface area contributed by atoms with Crippen LogP contribution in [-0.2, 0) is 4.74 Å². The molecule has 6 heteroatoms. The highest BCUT2D eigenvalue weighted by Gasteiger charge is 2.26. The smallest absolute Gasteiger partial charge is 0.254 e. The second kappa shape index (κ2) is 7.19. The Balaban J connectivity index is 1.49. The molecule has 1 amide bonds. The summed E-state index contributed by atoms with van der Waals surface area (Å²) in [4.78, 5) is 25.6. The van der Waals surface area contributed by atoms with E-state index in [1.807, 2.05) is 23.1 Å². The largest absolute Gasteiger partial charge is 0.370 e. The Kier molecular flexibility index (Phi) is 4.61. The van der Waals surface area contributed by atoms with Crippen LogP contribution in [0.15, 0.2) is 42.9 Å². The van der Waals surface area contributed by atoms with Crippen molar-refractivity contribution in [3.05, 3.63) is 54.0 Å². The van der Waals surface area contributed by atoms with Crippen molar-refractivity contribution >= 4 is 11.7 Å². The fourth-order valence-electron chi connectivity index (χ4n) is 3.47. The molecule has 2 saturated heterocycles. The molecule has 6 nitrogen and oxygen atoms in total. The summed E-state index contributed by atoms with van der Waals surface area (Å²) in [6.07, 6.45) is 7.53. The molecule has 25 heavy (non-hydrogen) atoms. The van der Waals surface area contributed by atoms with Crippen molar-refractivity contribution in [1.82, 2.24) is 14.9 Å². The summed E-state index contributed by atoms with van der Waals surface area (Å²) in [6.45, 7) is 3.76. The number of carbonyl (C=O) groups is 1. The zero-order valence-corrected chi connectivity index (χ0v) is 14.2. The van der Waals surface area contributed by atoms with E-state index in [0.717, 1.165) is 24.5 Å². The van der Waals surface area contributed by atoms with Gasteiger partial charge < -0.3 is 14.5 Å². The van der Waals surface area contributed by atoms with E-state index >= 15 is 0 Å². The highest BCUT2D eigenvalue weighted by molar-refractivity contribution is 5.95. The van der Waals surface area contributed by atoms with Crippen molar-refractivity contribution < 1.29 is 9.53 Å². The number of carbonyl (C=O) groups excluding carboxylic acids is 1. The molecule has 2 fully saturated rings. The lowest BCUT2D eigenvalue weighted by molar-refractivity contribution is -0.0228. The van der Waals surface area contributed by atoms with E-state index in [9.17, 15) is 4.79 Å². The van der Waals surface area contributed by atoms with Gasteiger partial charge in [-0.25, -0.2) is 4.98 Å². The Hall–Kier alpha value is -2.47. The second-order valence-electron chi connectivity index (χ2n) is 6.49. The molecular formula is C19H22N4O2. The highest BCUT2D eigenvalue weighted by Crippen LogP contribution is 2.24. The van der Waals surface area contributed by atoms with E-state index in [-0.39, 0.29) is 12.0 Å². The minimum Gasteiger partial charge on any atom is -0.370 e. The normalized spacial score (nSPS) is 20.7. The number of aromatic nitrogens is 2. The van der Waals surface area contributed by atoms with Gasteiger partial charge >= 0.3 is 0 Å². The van der Waals surface area contributed by atoms with Crippen LogP contribution in [0.1, 0.15) is 34.9 Å². The maximum absolute atomic E-state index is 13.0. The first-order valence-corrected chi connectivity index (χ1v) is 8.83. The summed E-state index contributed by atoms with van der Waals surface area (Å²) >= 11 is 0. The fraction of sp³-hybridized carbons (Fsp3) is 0.421. The predicted molar refractivity (Wildman–Crippen MR) is 94.5 cm³/mol. The average molecular weight is 338 g/mol. The minimum atomic E-state index is -0.0967. The summed E-state index contributed by atoms with van der Waals surface area (Å²) in [5.74, 6) is 0.951. The second-order valence-corrected chi connectivity index (χ2v) is 6.49. The van der Waals surface area contributed by atoms with E-state index in [4.69, 9.17) is 4.74 Å². The van der Waals surface area contributed by atoms with Gasteiger partial charge in [0.15, 0.2) is 0 Å². The van der Waals surface area contributed by atoms with Gasteiger partial charge in [-0.15, -0.1) is 0 Å². The van der Waals surface area contributed by atoms with E-state index < -0.39 is 0 Å². The number of hydrogen-bond acceptors (Lipinski definition) is 5. The van der Waals surface area contributed by atoms with Crippen LogP contribution in [0.25, 0.3) is 0 Å². The summed E-state index contributed by atoms with van der Waals surface area (Å²) < 4.78 is 5.84. The number of nitrogens with zero attached hydrogens (tertiary/aromatic N) is 4. The standard InChI is InChI=1S/C19H22N4O2/c24-19(16-5-8-21-18(13-16)22-9-1-2-10-22)23-11-12-25-17(14-23)15-3-6-20-7-4-15/h3-8,13,17H,1-2,9-12,14H2/t17-/m0/s1. The Morgan fingerprint density at radius 1 is 1.08 bits per heavy atom. The molecule has 0 N–H and O–H groups in total. The molecule has 2 aromatic heterocycles. The molecule has 0 unspecified atom stereocenters. The predicted octanol–water partition coefficient (Wildman–Crippen LogP) is 2.29. The van der Waals surface area contributed by atoms with Crippen molar-refractivity contribution in [2.45, 2.75) is 18.9 Å². The van der Waals surface area contributed by atoms with Crippen molar-refractivity contribution in [2.24, 2.45) is 0 Å². The molecule has 0 aromatic carbocycles. The summed E-state index contributed by atoms with van der Waals surface area (Å²) in [5.41, 5.74) is 1.76. The molecule has 1 atom stereocenters. The zero-order valence-electron chi connectivity index (χ0n) is 14.2. The first kappa shape index (κ1) is 16.0. The van der Waals surface area contributed by atoms with E-state index in [2.05, 4.69) is 14.9 Å². The Bertz CT molecular complexity index is 731. The number of pyridine rings is 2. The van der Waals surface area contributed by atoms with Gasteiger partial charge in [0.25, 0.3) is 5.91 Å². The quantitative estimate of drug-likeness (QED) is 0.859. The van der Waals surface area contributed by atoms with Gasteiger partial charge in [-0.2, -0.15) is 0 Å². The lowest BCUT2D eigenvalue weighted by Crippen LogP contribution is -2.42. The van der Waals surface area contributed by atoms with Crippen LogP contribution in [0.3, 0.4) is 0 Å². The summed E-state index contributed by atoms with van der Waals surface area (Å²) in [7, 11) is 0. The van der Waals surface area contributed by atoms with E-state index in [1.54, 1.807) is 24.7 Å². The van der Waals surface area contributed by atoms with Crippen molar-refractivity contribution in [2.75, 3.05) is 37.7 Å². The summed E-state index contributed by atoms with van der Waals surface area (Å²) in [6, 6.07) is 7.61. The third-order valence-corrected chi connectivity index (χ3v) is 4.85. The third kappa shape index (κ3) is 3.49. The van der Waals surface area contributed by atoms with Crippen molar-refractivity contribution in [1.29, 1.82) is 0 Å². The molecule has 2 aromatic rings. The Morgan fingerprint density at radius 2 is 1.88 bits per heavy atom. The molecule has 2 aliphatic rings. The first-order valence-electron chi connectivity index (χ1n) is 8.83. The average Bonchev–Trinajstić information content (AvgIpc) is 3.23. The maximum atomic E-state index is 13.0. The van der Waals surface area contributed by atoms with Gasteiger partial charge in [0, 0.05) is 43.8 Å². The number of anilines is 1. The number of amides is 1. The van der Waals surface area contributed by atoms with Gasteiger partial charge in [0.2, 0.25) is 0 Å². The van der Waals surface area contributed by atoms with Crippen LogP contribution in [0.5, 0.6) is 0 Å². The topological polar surface area (TPSA) is 58.6 Å². The van der Waals surface area contributed by atoms with Gasteiger partial charge in [-0.3, -0.25) is 9.78 Å². The molecule has 0 bridgehead atoms. The Labute approximate surface area is 147 Å². The van der Waals surface area contributed by atoms with Gasteiger partial charge in [0.05, 0.1) is 13.2 Å². The number of ether oxygens (including phenoxy) is 1. The lowest BCUT2D eigenvalue weighted by atomic mass is 10.1.